The summed E-state index contributed by atoms with van der Waals surface area (Å²) in [5, 5.41) is 4.54. The Hall–Kier alpha value is -0.480. The van der Waals surface area contributed by atoms with Gasteiger partial charge < -0.3 is 14.8 Å². The molecule has 1 N–H and O–H groups in total. The van der Waals surface area contributed by atoms with Crippen molar-refractivity contribution in [3.05, 3.63) is 28.2 Å². The van der Waals surface area contributed by atoms with Gasteiger partial charge in [0, 0.05) is 25.1 Å². The standard InChI is InChI=1S/C15H21Cl2NO2/c1-3-7-18-13-9-14(15(13)19-4-2)20-10-5-6-11(16)12(17)8-10/h5-6,8,13-15,18H,3-4,7,9H2,1-2H3. The fourth-order valence-corrected chi connectivity index (χ4v) is 2.66. The third kappa shape index (κ3) is 3.79. The third-order valence-corrected chi connectivity index (χ3v) is 4.18. The Kier molecular flexibility index (Phi) is 5.97. The van der Waals surface area contributed by atoms with Gasteiger partial charge in [0.1, 0.15) is 18.0 Å². The van der Waals surface area contributed by atoms with E-state index in [2.05, 4.69) is 12.2 Å². The van der Waals surface area contributed by atoms with Gasteiger partial charge in [0.25, 0.3) is 0 Å². The minimum atomic E-state index is 0.0709. The molecule has 0 bridgehead atoms. The van der Waals surface area contributed by atoms with E-state index < -0.39 is 0 Å². The zero-order valence-electron chi connectivity index (χ0n) is 11.9. The fourth-order valence-electron chi connectivity index (χ4n) is 2.37. The molecule has 0 heterocycles. The summed E-state index contributed by atoms with van der Waals surface area (Å²) in [5.41, 5.74) is 0. The average Bonchev–Trinajstić information content (AvgIpc) is 2.43. The molecule has 1 aromatic rings. The quantitative estimate of drug-likeness (QED) is 0.826. The molecule has 20 heavy (non-hydrogen) atoms. The van der Waals surface area contributed by atoms with Crippen molar-refractivity contribution in [3.8, 4) is 5.75 Å². The highest BCUT2D eigenvalue weighted by Gasteiger charge is 2.43. The molecule has 0 aliphatic heterocycles. The predicted molar refractivity (Wildman–Crippen MR) is 83.0 cm³/mol. The molecule has 1 aliphatic rings. The second-order valence-electron chi connectivity index (χ2n) is 4.95. The van der Waals surface area contributed by atoms with Crippen LogP contribution in [0.15, 0.2) is 18.2 Å². The summed E-state index contributed by atoms with van der Waals surface area (Å²) in [5.74, 6) is 0.739. The molecule has 0 saturated heterocycles. The van der Waals surface area contributed by atoms with Gasteiger partial charge in [-0.05, 0) is 32.0 Å². The minimum absolute atomic E-state index is 0.0709. The van der Waals surface area contributed by atoms with E-state index >= 15 is 0 Å². The topological polar surface area (TPSA) is 30.5 Å². The molecule has 1 aliphatic carbocycles. The van der Waals surface area contributed by atoms with Crippen molar-refractivity contribution in [1.82, 2.24) is 5.32 Å². The van der Waals surface area contributed by atoms with Gasteiger partial charge in [-0.3, -0.25) is 0 Å². The maximum absolute atomic E-state index is 6.00. The molecule has 1 saturated carbocycles. The van der Waals surface area contributed by atoms with Crippen molar-refractivity contribution >= 4 is 23.2 Å². The smallest absolute Gasteiger partial charge is 0.128 e. The lowest BCUT2D eigenvalue weighted by molar-refractivity contribution is -0.104. The normalized spacial score (nSPS) is 25.3. The number of benzene rings is 1. The van der Waals surface area contributed by atoms with Crippen LogP contribution in [0.25, 0.3) is 0 Å². The Labute approximate surface area is 130 Å². The van der Waals surface area contributed by atoms with Crippen LogP contribution in [0.3, 0.4) is 0 Å². The summed E-state index contributed by atoms with van der Waals surface area (Å²) in [7, 11) is 0. The first-order chi connectivity index (χ1) is 9.65. The van der Waals surface area contributed by atoms with Gasteiger partial charge in [-0.25, -0.2) is 0 Å². The van der Waals surface area contributed by atoms with E-state index in [9.17, 15) is 0 Å². The lowest BCUT2D eigenvalue weighted by atomic mass is 9.85. The summed E-state index contributed by atoms with van der Waals surface area (Å²) in [4.78, 5) is 0. The molecule has 2 rings (SSSR count). The first-order valence-electron chi connectivity index (χ1n) is 7.12. The van der Waals surface area contributed by atoms with Gasteiger partial charge in [0.15, 0.2) is 0 Å². The van der Waals surface area contributed by atoms with Gasteiger partial charge >= 0.3 is 0 Å². The van der Waals surface area contributed by atoms with Crippen molar-refractivity contribution in [3.63, 3.8) is 0 Å². The lowest BCUT2D eigenvalue weighted by Crippen LogP contribution is -2.61. The van der Waals surface area contributed by atoms with Crippen LogP contribution in [0.5, 0.6) is 5.75 Å². The minimum Gasteiger partial charge on any atom is -0.488 e. The fraction of sp³-hybridized carbons (Fsp3) is 0.600. The molecule has 0 aromatic heterocycles. The van der Waals surface area contributed by atoms with E-state index in [1.54, 1.807) is 12.1 Å². The zero-order valence-corrected chi connectivity index (χ0v) is 13.4. The monoisotopic (exact) mass is 317 g/mol. The summed E-state index contributed by atoms with van der Waals surface area (Å²) in [6.07, 6.45) is 2.24. The Morgan fingerprint density at radius 2 is 2.05 bits per heavy atom. The van der Waals surface area contributed by atoms with Crippen molar-refractivity contribution < 1.29 is 9.47 Å². The average molecular weight is 318 g/mol. The predicted octanol–water partition coefficient (Wildman–Crippen LogP) is 3.92. The van der Waals surface area contributed by atoms with E-state index in [4.69, 9.17) is 32.7 Å². The van der Waals surface area contributed by atoms with Crippen molar-refractivity contribution in [2.24, 2.45) is 0 Å². The number of halogens is 2. The van der Waals surface area contributed by atoms with Crippen LogP contribution in [0.1, 0.15) is 26.7 Å². The number of nitrogens with one attached hydrogen (secondary N) is 1. The molecule has 0 radical (unpaired) electrons. The van der Waals surface area contributed by atoms with Gasteiger partial charge in [0.2, 0.25) is 0 Å². The molecule has 112 valence electrons. The summed E-state index contributed by atoms with van der Waals surface area (Å²) in [6, 6.07) is 5.71. The Morgan fingerprint density at radius 3 is 2.70 bits per heavy atom. The lowest BCUT2D eigenvalue weighted by Gasteiger charge is -2.44. The molecular weight excluding hydrogens is 297 g/mol. The maximum Gasteiger partial charge on any atom is 0.128 e. The highest BCUT2D eigenvalue weighted by molar-refractivity contribution is 6.42. The second-order valence-corrected chi connectivity index (χ2v) is 5.76. The van der Waals surface area contributed by atoms with Crippen LogP contribution in [0.2, 0.25) is 10.0 Å². The van der Waals surface area contributed by atoms with E-state index in [0.717, 1.165) is 25.1 Å². The highest BCUT2D eigenvalue weighted by Crippen LogP contribution is 2.32. The van der Waals surface area contributed by atoms with E-state index in [1.165, 1.54) is 0 Å². The van der Waals surface area contributed by atoms with Gasteiger partial charge in [-0.15, -0.1) is 0 Å². The van der Waals surface area contributed by atoms with Gasteiger partial charge in [-0.1, -0.05) is 30.1 Å². The van der Waals surface area contributed by atoms with Gasteiger partial charge in [0.05, 0.1) is 10.0 Å². The van der Waals surface area contributed by atoms with E-state index in [-0.39, 0.29) is 12.2 Å². The molecule has 3 atom stereocenters. The Balaban J connectivity index is 1.93. The van der Waals surface area contributed by atoms with Crippen LogP contribution in [0, 0.1) is 0 Å². The number of rotatable bonds is 7. The molecule has 1 fully saturated rings. The van der Waals surface area contributed by atoms with Crippen LogP contribution < -0.4 is 10.1 Å². The number of ether oxygens (including phenoxy) is 2. The molecule has 0 spiro atoms. The van der Waals surface area contributed by atoms with Crippen LogP contribution in [0.4, 0.5) is 0 Å². The molecule has 1 aromatic carbocycles. The van der Waals surface area contributed by atoms with E-state index in [1.807, 2.05) is 13.0 Å². The second kappa shape index (κ2) is 7.51. The Bertz CT molecular complexity index is 442. The number of hydrogen-bond acceptors (Lipinski definition) is 3. The third-order valence-electron chi connectivity index (χ3n) is 3.44. The largest absolute Gasteiger partial charge is 0.488 e. The highest BCUT2D eigenvalue weighted by atomic mass is 35.5. The maximum atomic E-state index is 6.00. The van der Waals surface area contributed by atoms with Crippen molar-refractivity contribution in [1.29, 1.82) is 0 Å². The van der Waals surface area contributed by atoms with Crippen LogP contribution in [-0.2, 0) is 4.74 Å². The first-order valence-corrected chi connectivity index (χ1v) is 7.88. The van der Waals surface area contributed by atoms with Crippen molar-refractivity contribution in [2.45, 2.75) is 44.9 Å². The summed E-state index contributed by atoms with van der Waals surface area (Å²) >= 11 is 11.9. The zero-order chi connectivity index (χ0) is 14.5. The molecule has 3 nitrogen and oxygen atoms in total. The summed E-state index contributed by atoms with van der Waals surface area (Å²) in [6.45, 7) is 5.86. The van der Waals surface area contributed by atoms with Crippen molar-refractivity contribution in [2.75, 3.05) is 13.2 Å². The molecular formula is C15H21Cl2NO2. The number of hydrogen-bond donors (Lipinski definition) is 1. The molecule has 0 amide bonds. The van der Waals surface area contributed by atoms with E-state index in [0.29, 0.717) is 22.7 Å². The first kappa shape index (κ1) is 15.9. The molecule has 3 unspecified atom stereocenters. The Morgan fingerprint density at radius 1 is 1.25 bits per heavy atom. The van der Waals surface area contributed by atoms with Crippen LogP contribution >= 0.6 is 23.2 Å². The van der Waals surface area contributed by atoms with Crippen LogP contribution in [-0.4, -0.2) is 31.4 Å². The van der Waals surface area contributed by atoms with Gasteiger partial charge in [-0.2, -0.15) is 0 Å². The molecule has 5 heteroatoms. The summed E-state index contributed by atoms with van der Waals surface area (Å²) < 4.78 is 11.7. The SMILES string of the molecule is CCCNC1CC(Oc2ccc(Cl)c(Cl)c2)C1OCC.